The molecule has 2 aliphatic rings. The smallest absolute Gasteiger partial charge is 0.200 e. The molecule has 0 amide bonds. The number of aromatic nitrogens is 2. The number of nitrogens with zero attached hydrogens (tertiary/aromatic N) is 3. The Labute approximate surface area is 139 Å². The number of nitrogens with two attached hydrogens (primary N) is 1. The fourth-order valence-corrected chi connectivity index (χ4v) is 3.48. The first-order chi connectivity index (χ1) is 11.8. The molecule has 120 valence electrons. The summed E-state index contributed by atoms with van der Waals surface area (Å²) in [4.78, 5) is 8.52. The van der Waals surface area contributed by atoms with Crippen LogP contribution in [0.1, 0.15) is 23.2 Å². The van der Waals surface area contributed by atoms with Crippen LogP contribution in [0.2, 0.25) is 0 Å². The zero-order valence-electron chi connectivity index (χ0n) is 12.8. The summed E-state index contributed by atoms with van der Waals surface area (Å²) in [6.07, 6.45) is 4.85. The first kappa shape index (κ1) is 14.6. The molecule has 0 bridgehead atoms. The number of ether oxygens (including phenoxy) is 1. The van der Waals surface area contributed by atoms with Gasteiger partial charge in [0.1, 0.15) is 6.07 Å². The van der Waals surface area contributed by atoms with Crippen molar-refractivity contribution in [1.29, 1.82) is 5.26 Å². The zero-order valence-corrected chi connectivity index (χ0v) is 12.8. The summed E-state index contributed by atoms with van der Waals surface area (Å²) in [7, 11) is 0. The lowest BCUT2D eigenvalue weighted by Crippen LogP contribution is -2.41. The maximum atomic E-state index is 9.63. The molecule has 0 aliphatic carbocycles. The second kappa shape index (κ2) is 5.92. The molecule has 7 heteroatoms. The lowest BCUT2D eigenvalue weighted by molar-refractivity contribution is 0.0338. The van der Waals surface area contributed by atoms with Crippen LogP contribution in [0.15, 0.2) is 60.4 Å². The van der Waals surface area contributed by atoms with Crippen molar-refractivity contribution in [2.75, 3.05) is 0 Å². The average Bonchev–Trinajstić information content (AvgIpc) is 3.05. The highest BCUT2D eigenvalue weighted by Gasteiger charge is 2.49. The molecule has 1 fully saturated rings. The second-order valence-corrected chi connectivity index (χ2v) is 5.78. The predicted molar refractivity (Wildman–Crippen MR) is 85.4 cm³/mol. The van der Waals surface area contributed by atoms with Gasteiger partial charge in [0, 0.05) is 30.4 Å². The van der Waals surface area contributed by atoms with Gasteiger partial charge in [-0.2, -0.15) is 5.26 Å². The van der Waals surface area contributed by atoms with Gasteiger partial charge in [-0.1, -0.05) is 6.07 Å². The van der Waals surface area contributed by atoms with Crippen molar-refractivity contribution >= 4 is 0 Å². The van der Waals surface area contributed by atoms with Crippen molar-refractivity contribution in [3.05, 3.63) is 71.6 Å². The summed E-state index contributed by atoms with van der Waals surface area (Å²) in [5, 5.41) is 9.63. The molecule has 4 atom stereocenters. The molecular weight excluding hydrogens is 304 g/mol. The van der Waals surface area contributed by atoms with E-state index in [4.69, 9.17) is 10.5 Å². The molecule has 0 radical (unpaired) electrons. The normalized spacial score (nSPS) is 28.8. The van der Waals surface area contributed by atoms with Crippen molar-refractivity contribution in [2.24, 2.45) is 11.7 Å². The van der Waals surface area contributed by atoms with E-state index in [1.807, 2.05) is 30.3 Å². The van der Waals surface area contributed by atoms with Gasteiger partial charge in [-0.15, -0.1) is 0 Å². The monoisotopic (exact) mass is 320 g/mol. The topological polar surface area (TPSA) is 109 Å². The standard InChI is InChI=1S/C17H16N6O/c18-9-11-13(10-4-7-20-8-5-10)14-15(12-3-1-2-6-21-12)22-23-17(14)24-16(11)19/h1-8,13-15,17,22-23H,19H2. The minimum Gasteiger partial charge on any atom is -0.458 e. The second-order valence-electron chi connectivity index (χ2n) is 5.78. The Morgan fingerprint density at radius 3 is 2.67 bits per heavy atom. The van der Waals surface area contributed by atoms with E-state index in [-0.39, 0.29) is 30.0 Å². The summed E-state index contributed by atoms with van der Waals surface area (Å²) in [5.41, 5.74) is 14.7. The number of nitriles is 1. The third-order valence-electron chi connectivity index (χ3n) is 4.52. The number of rotatable bonds is 2. The van der Waals surface area contributed by atoms with E-state index < -0.39 is 0 Å². The van der Waals surface area contributed by atoms with Gasteiger partial charge in [0.15, 0.2) is 6.23 Å². The number of hydrogen-bond acceptors (Lipinski definition) is 7. The van der Waals surface area contributed by atoms with Crippen LogP contribution in [0.3, 0.4) is 0 Å². The SMILES string of the molecule is N#CC1=C(N)OC2NNC(c3ccccn3)C2C1c1ccncc1. The number of nitrogens with one attached hydrogen (secondary N) is 2. The maximum absolute atomic E-state index is 9.63. The van der Waals surface area contributed by atoms with E-state index >= 15 is 0 Å². The van der Waals surface area contributed by atoms with Gasteiger partial charge in [-0.3, -0.25) is 9.97 Å². The molecule has 0 aromatic carbocycles. The van der Waals surface area contributed by atoms with Gasteiger partial charge in [0.25, 0.3) is 0 Å². The molecular formula is C17H16N6O. The quantitative estimate of drug-likeness (QED) is 0.759. The minimum absolute atomic E-state index is 0.0655. The van der Waals surface area contributed by atoms with Crippen molar-refractivity contribution in [3.63, 3.8) is 0 Å². The van der Waals surface area contributed by atoms with Crippen LogP contribution < -0.4 is 16.6 Å². The zero-order chi connectivity index (χ0) is 16.5. The lowest BCUT2D eigenvalue weighted by atomic mass is 9.75. The Morgan fingerprint density at radius 1 is 1.12 bits per heavy atom. The number of fused-ring (bicyclic) bond motifs is 1. The van der Waals surface area contributed by atoms with Crippen LogP contribution in [-0.4, -0.2) is 16.2 Å². The summed E-state index contributed by atoms with van der Waals surface area (Å²) in [6, 6.07) is 11.7. The van der Waals surface area contributed by atoms with Crippen molar-refractivity contribution in [1.82, 2.24) is 20.8 Å². The molecule has 4 N–H and O–H groups in total. The summed E-state index contributed by atoms with van der Waals surface area (Å²) >= 11 is 0. The third kappa shape index (κ3) is 2.29. The summed E-state index contributed by atoms with van der Waals surface area (Å²) in [5.74, 6) is -0.105. The minimum atomic E-state index is -0.340. The maximum Gasteiger partial charge on any atom is 0.200 e. The number of hydrazine groups is 1. The third-order valence-corrected chi connectivity index (χ3v) is 4.52. The predicted octanol–water partition coefficient (Wildman–Crippen LogP) is 1.08. The van der Waals surface area contributed by atoms with Gasteiger partial charge in [-0.25, -0.2) is 10.9 Å². The van der Waals surface area contributed by atoms with Crippen LogP contribution in [0.4, 0.5) is 0 Å². The Hall–Kier alpha value is -2.95. The first-order valence-corrected chi connectivity index (χ1v) is 7.68. The molecule has 2 aromatic heterocycles. The molecule has 24 heavy (non-hydrogen) atoms. The summed E-state index contributed by atoms with van der Waals surface area (Å²) in [6.45, 7) is 0. The van der Waals surface area contributed by atoms with Gasteiger partial charge < -0.3 is 10.5 Å². The molecule has 4 unspecified atom stereocenters. The highest BCUT2D eigenvalue weighted by molar-refractivity contribution is 5.41. The van der Waals surface area contributed by atoms with E-state index in [1.54, 1.807) is 18.6 Å². The van der Waals surface area contributed by atoms with Crippen molar-refractivity contribution in [3.8, 4) is 6.07 Å². The van der Waals surface area contributed by atoms with Crippen LogP contribution >= 0.6 is 0 Å². The molecule has 2 aromatic rings. The van der Waals surface area contributed by atoms with Gasteiger partial charge in [-0.05, 0) is 29.8 Å². The molecule has 0 saturated carbocycles. The van der Waals surface area contributed by atoms with Gasteiger partial charge in [0.05, 0.1) is 17.3 Å². The first-order valence-electron chi connectivity index (χ1n) is 7.68. The molecule has 4 heterocycles. The van der Waals surface area contributed by atoms with Crippen LogP contribution in [0, 0.1) is 17.2 Å². The van der Waals surface area contributed by atoms with E-state index in [0.717, 1.165) is 11.3 Å². The number of pyridine rings is 2. The largest absolute Gasteiger partial charge is 0.458 e. The van der Waals surface area contributed by atoms with E-state index in [2.05, 4.69) is 26.9 Å². The Bertz CT molecular complexity index is 801. The summed E-state index contributed by atoms with van der Waals surface area (Å²) < 4.78 is 5.74. The highest BCUT2D eigenvalue weighted by atomic mass is 16.5. The fraction of sp³-hybridized carbons (Fsp3) is 0.235. The highest BCUT2D eigenvalue weighted by Crippen LogP contribution is 2.46. The average molecular weight is 320 g/mol. The van der Waals surface area contributed by atoms with Crippen LogP contribution in [0.5, 0.6) is 0 Å². The number of hydrogen-bond donors (Lipinski definition) is 3. The van der Waals surface area contributed by atoms with Gasteiger partial charge >= 0.3 is 0 Å². The lowest BCUT2D eigenvalue weighted by Gasteiger charge is -2.35. The van der Waals surface area contributed by atoms with Crippen molar-refractivity contribution < 1.29 is 4.74 Å². The molecule has 1 saturated heterocycles. The fourth-order valence-electron chi connectivity index (χ4n) is 3.48. The Kier molecular flexibility index (Phi) is 3.61. The Morgan fingerprint density at radius 2 is 1.96 bits per heavy atom. The Balaban J connectivity index is 1.82. The molecule has 4 rings (SSSR count). The molecule has 0 spiro atoms. The van der Waals surface area contributed by atoms with Crippen LogP contribution in [0.25, 0.3) is 0 Å². The van der Waals surface area contributed by atoms with Gasteiger partial charge in [0.2, 0.25) is 5.88 Å². The van der Waals surface area contributed by atoms with E-state index in [0.29, 0.717) is 5.57 Å². The molecule has 7 nitrogen and oxygen atoms in total. The van der Waals surface area contributed by atoms with Crippen LogP contribution in [-0.2, 0) is 4.74 Å². The van der Waals surface area contributed by atoms with Crippen molar-refractivity contribution in [2.45, 2.75) is 18.2 Å². The van der Waals surface area contributed by atoms with E-state index in [9.17, 15) is 5.26 Å². The van der Waals surface area contributed by atoms with E-state index in [1.165, 1.54) is 0 Å². The number of allylic oxidation sites excluding steroid dienone is 1. The molecule has 2 aliphatic heterocycles.